The highest BCUT2D eigenvalue weighted by atomic mass is 19.2. The van der Waals surface area contributed by atoms with E-state index in [1.165, 1.54) is 44.7 Å². The van der Waals surface area contributed by atoms with Crippen molar-refractivity contribution in [3.8, 4) is 0 Å². The van der Waals surface area contributed by atoms with Crippen molar-refractivity contribution in [3.05, 3.63) is 65.5 Å². The molecule has 1 atom stereocenters. The Morgan fingerprint density at radius 2 is 1.59 bits per heavy atom. The number of hydrogen-bond donors (Lipinski definition) is 1. The molecule has 2 rings (SSSR count). The largest absolute Gasteiger partial charge is 0.462 e. The van der Waals surface area contributed by atoms with Crippen molar-refractivity contribution in [1.82, 2.24) is 0 Å². The molecule has 0 amide bonds. The Morgan fingerprint density at radius 1 is 1.00 bits per heavy atom. The molecule has 1 saturated carbocycles. The van der Waals surface area contributed by atoms with E-state index < -0.39 is 42.0 Å². The Balaban J connectivity index is 2.08. The number of hydrogen-bond acceptors (Lipinski definition) is 5. The number of rotatable bonds is 14. The third-order valence-corrected chi connectivity index (χ3v) is 6.93. The van der Waals surface area contributed by atoms with E-state index in [0.29, 0.717) is 24.3 Å². The van der Waals surface area contributed by atoms with E-state index in [0.717, 1.165) is 12.8 Å². The van der Waals surface area contributed by atoms with Crippen molar-refractivity contribution in [2.24, 2.45) is 11.8 Å². The number of aliphatic hydroxyl groups is 1. The highest BCUT2D eigenvalue weighted by Crippen LogP contribution is 2.39. The van der Waals surface area contributed by atoms with Crippen LogP contribution in [-0.2, 0) is 19.1 Å². The van der Waals surface area contributed by atoms with Crippen LogP contribution in [0.3, 0.4) is 0 Å². The summed E-state index contributed by atoms with van der Waals surface area (Å²) in [5, 5.41) is 9.05. The van der Waals surface area contributed by atoms with Crippen molar-refractivity contribution >= 4 is 17.8 Å². The summed E-state index contributed by atoms with van der Waals surface area (Å²) in [5.74, 6) is -3.25. The fourth-order valence-electron chi connectivity index (χ4n) is 4.49. The second-order valence-electron chi connectivity index (χ2n) is 9.93. The zero-order chi connectivity index (χ0) is 27.4. The molecule has 0 spiro atoms. The summed E-state index contributed by atoms with van der Waals surface area (Å²) in [6, 6.07) is 6.15. The minimum Gasteiger partial charge on any atom is -0.462 e. The molecule has 5 nitrogen and oxygen atoms in total. The topological polar surface area (TPSA) is 72.8 Å². The molecule has 0 aromatic heterocycles. The molecular formula is C30H40F2O5. The molecule has 1 aliphatic rings. The molecule has 1 aromatic carbocycles. The van der Waals surface area contributed by atoms with E-state index in [-0.39, 0.29) is 29.9 Å². The summed E-state index contributed by atoms with van der Waals surface area (Å²) < 4.78 is 40.5. The lowest BCUT2D eigenvalue weighted by atomic mass is 9.79. The lowest BCUT2D eigenvalue weighted by molar-refractivity contribution is -0.142. The van der Waals surface area contributed by atoms with Crippen molar-refractivity contribution < 1.29 is 33.0 Å². The molecule has 1 N–H and O–H groups in total. The first-order chi connectivity index (χ1) is 17.7. The number of esters is 2. The monoisotopic (exact) mass is 518 g/mol. The third kappa shape index (κ3) is 9.54. The van der Waals surface area contributed by atoms with E-state index >= 15 is 8.78 Å². The quantitative estimate of drug-likeness (QED) is 0.163. The van der Waals surface area contributed by atoms with Gasteiger partial charge in [-0.1, -0.05) is 70.0 Å². The van der Waals surface area contributed by atoms with Crippen LogP contribution in [0.25, 0.3) is 5.83 Å². The van der Waals surface area contributed by atoms with Crippen LogP contribution in [0.2, 0.25) is 0 Å². The highest BCUT2D eigenvalue weighted by Gasteiger charge is 2.27. The van der Waals surface area contributed by atoms with Gasteiger partial charge in [-0.2, -0.15) is 0 Å². The van der Waals surface area contributed by atoms with Crippen LogP contribution in [0.4, 0.5) is 8.78 Å². The lowest BCUT2D eigenvalue weighted by Gasteiger charge is -2.27. The maximum atomic E-state index is 15.0. The van der Waals surface area contributed by atoms with Crippen molar-refractivity contribution in [3.63, 3.8) is 0 Å². The zero-order valence-electron chi connectivity index (χ0n) is 22.1. The predicted molar refractivity (Wildman–Crippen MR) is 141 cm³/mol. The van der Waals surface area contributed by atoms with E-state index in [1.807, 2.05) is 0 Å². The Morgan fingerprint density at radius 3 is 2.14 bits per heavy atom. The Hall–Kier alpha value is -2.80. The molecule has 0 saturated heterocycles. The molecule has 1 fully saturated rings. The first kappa shape index (κ1) is 30.4. The molecule has 37 heavy (non-hydrogen) atoms. The summed E-state index contributed by atoms with van der Waals surface area (Å²) in [5.41, 5.74) is 0.860. The second-order valence-corrected chi connectivity index (χ2v) is 9.93. The standard InChI is InChI=1S/C30H40F2O5/c1-5-6-7-8-22-9-11-24(12-10-22)27(31)28(32)25-15-13-23(14-16-25)26(18-36-29(34)20(2)3)19-37-30(35)21(4)17-33/h13-16,22,24,26,33H,2,4-12,17-19H2,1,3H3/b28-27+. The van der Waals surface area contributed by atoms with Crippen LogP contribution < -0.4 is 0 Å². The summed E-state index contributed by atoms with van der Waals surface area (Å²) >= 11 is 0. The summed E-state index contributed by atoms with van der Waals surface area (Å²) in [4.78, 5) is 23.8. The number of carbonyl (C=O) groups is 2. The summed E-state index contributed by atoms with van der Waals surface area (Å²) in [6.07, 6.45) is 7.96. The van der Waals surface area contributed by atoms with Gasteiger partial charge in [0.1, 0.15) is 19.0 Å². The molecule has 1 aromatic rings. The molecular weight excluding hydrogens is 478 g/mol. The Bertz CT molecular complexity index is 959. The number of carbonyl (C=O) groups excluding carboxylic acids is 2. The van der Waals surface area contributed by atoms with E-state index in [4.69, 9.17) is 14.6 Å². The van der Waals surface area contributed by atoms with Gasteiger partial charge in [-0.15, -0.1) is 0 Å². The normalized spacial score (nSPS) is 18.9. The van der Waals surface area contributed by atoms with Crippen LogP contribution in [0.5, 0.6) is 0 Å². The molecule has 0 heterocycles. The minimum atomic E-state index is -0.850. The second kappa shape index (κ2) is 15.5. The molecule has 0 radical (unpaired) electrons. The molecule has 7 heteroatoms. The van der Waals surface area contributed by atoms with Crippen LogP contribution in [-0.4, -0.2) is 36.9 Å². The molecule has 204 valence electrons. The lowest BCUT2D eigenvalue weighted by Crippen LogP contribution is -2.21. The van der Waals surface area contributed by atoms with Crippen molar-refractivity contribution in [1.29, 1.82) is 0 Å². The molecule has 1 aliphatic carbocycles. The average molecular weight is 519 g/mol. The number of aliphatic hydroxyl groups excluding tert-OH is 1. The summed E-state index contributed by atoms with van der Waals surface area (Å²) in [6.45, 7) is 9.84. The molecule has 1 unspecified atom stereocenters. The van der Waals surface area contributed by atoms with Crippen LogP contribution >= 0.6 is 0 Å². The van der Waals surface area contributed by atoms with Gasteiger partial charge in [-0.25, -0.2) is 18.4 Å². The Kier molecular flexibility index (Phi) is 12.7. The third-order valence-electron chi connectivity index (χ3n) is 6.93. The Labute approximate surface area is 219 Å². The molecule has 0 aliphatic heterocycles. The van der Waals surface area contributed by atoms with Gasteiger partial charge in [0.25, 0.3) is 0 Å². The number of allylic oxidation sites excluding steroid dienone is 1. The average Bonchev–Trinajstić information content (AvgIpc) is 2.92. The van der Waals surface area contributed by atoms with Gasteiger partial charge in [0.2, 0.25) is 0 Å². The fourth-order valence-corrected chi connectivity index (χ4v) is 4.49. The van der Waals surface area contributed by atoms with Gasteiger partial charge in [-0.05, 0) is 44.1 Å². The van der Waals surface area contributed by atoms with Gasteiger partial charge in [0, 0.05) is 17.1 Å². The SMILES string of the molecule is C=C(C)C(=O)OCC(COC(=O)C(=C)CO)c1ccc(/C(F)=C(\F)C2CCC(CCCCC)CC2)cc1. The van der Waals surface area contributed by atoms with Gasteiger partial charge in [0.15, 0.2) is 5.83 Å². The van der Waals surface area contributed by atoms with Gasteiger partial charge >= 0.3 is 11.9 Å². The van der Waals surface area contributed by atoms with Gasteiger partial charge in [0.05, 0.1) is 18.1 Å². The number of halogens is 2. The fraction of sp³-hybridized carbons (Fsp3) is 0.533. The predicted octanol–water partition coefficient (Wildman–Crippen LogP) is 6.98. The zero-order valence-corrected chi connectivity index (χ0v) is 22.1. The van der Waals surface area contributed by atoms with Crippen molar-refractivity contribution in [2.45, 2.75) is 71.1 Å². The van der Waals surface area contributed by atoms with E-state index in [9.17, 15) is 9.59 Å². The number of benzene rings is 1. The maximum Gasteiger partial charge on any atom is 0.335 e. The first-order valence-corrected chi connectivity index (χ1v) is 13.1. The number of unbranched alkanes of at least 4 members (excludes halogenated alkanes) is 2. The van der Waals surface area contributed by atoms with E-state index in [1.54, 1.807) is 12.1 Å². The van der Waals surface area contributed by atoms with Gasteiger partial charge in [-0.3, -0.25) is 0 Å². The van der Waals surface area contributed by atoms with E-state index in [2.05, 4.69) is 20.1 Å². The molecule has 0 bridgehead atoms. The maximum absolute atomic E-state index is 15.0. The van der Waals surface area contributed by atoms with Gasteiger partial charge < -0.3 is 14.6 Å². The summed E-state index contributed by atoms with van der Waals surface area (Å²) in [7, 11) is 0. The number of ether oxygens (including phenoxy) is 2. The van der Waals surface area contributed by atoms with Crippen LogP contribution in [0.1, 0.15) is 82.3 Å². The highest BCUT2D eigenvalue weighted by molar-refractivity contribution is 5.88. The van der Waals surface area contributed by atoms with Crippen LogP contribution in [0.15, 0.2) is 54.4 Å². The van der Waals surface area contributed by atoms with Crippen molar-refractivity contribution in [2.75, 3.05) is 19.8 Å². The van der Waals surface area contributed by atoms with Crippen LogP contribution in [0, 0.1) is 11.8 Å². The first-order valence-electron chi connectivity index (χ1n) is 13.1. The minimum absolute atomic E-state index is 0.106. The smallest absolute Gasteiger partial charge is 0.335 e.